The fraction of sp³-hybridized carbons (Fsp3) is 0.276. The van der Waals surface area contributed by atoms with Crippen LogP contribution in [0.1, 0.15) is 16.8 Å². The lowest BCUT2D eigenvalue weighted by molar-refractivity contribution is 0.199. The minimum absolute atomic E-state index is 0.223. The van der Waals surface area contributed by atoms with Gasteiger partial charge in [0.15, 0.2) is 0 Å². The van der Waals surface area contributed by atoms with Crippen LogP contribution in [0.5, 0.6) is 5.75 Å². The highest BCUT2D eigenvalue weighted by atomic mass is 35.5. The maximum absolute atomic E-state index is 13.5. The Labute approximate surface area is 240 Å². The first-order valence-corrected chi connectivity index (χ1v) is 14.2. The molecule has 1 aliphatic rings. The highest BCUT2D eigenvalue weighted by Crippen LogP contribution is 2.45. The monoisotopic (exact) mass is 578 g/mol. The van der Waals surface area contributed by atoms with E-state index < -0.39 is 0 Å². The molecule has 0 aliphatic heterocycles. The van der Waals surface area contributed by atoms with E-state index in [-0.39, 0.29) is 12.4 Å². The fourth-order valence-corrected chi connectivity index (χ4v) is 6.40. The quantitative estimate of drug-likeness (QED) is 0.186. The number of hydrogen-bond donors (Lipinski definition) is 2. The maximum Gasteiger partial charge on any atom is 0.142 e. The van der Waals surface area contributed by atoms with Gasteiger partial charge in [0.05, 0.1) is 29.8 Å². The number of methoxy groups -OCH3 is 1. The van der Waals surface area contributed by atoms with E-state index in [0.717, 1.165) is 59.8 Å². The summed E-state index contributed by atoms with van der Waals surface area (Å²) in [6, 6.07) is 11.8. The number of benzene rings is 2. The van der Waals surface area contributed by atoms with Gasteiger partial charge >= 0.3 is 0 Å². The first-order chi connectivity index (χ1) is 19.6. The van der Waals surface area contributed by atoms with E-state index in [1.54, 1.807) is 43.0 Å². The third-order valence-electron chi connectivity index (χ3n) is 6.85. The van der Waals surface area contributed by atoms with Crippen LogP contribution in [0.15, 0.2) is 55.0 Å². The first-order valence-electron chi connectivity index (χ1n) is 13.1. The van der Waals surface area contributed by atoms with Gasteiger partial charge in [0.25, 0.3) is 0 Å². The molecule has 0 radical (unpaired) electrons. The van der Waals surface area contributed by atoms with Crippen LogP contribution in [0, 0.1) is 5.82 Å². The zero-order chi connectivity index (χ0) is 27.5. The molecule has 5 aromatic rings. The van der Waals surface area contributed by atoms with Crippen molar-refractivity contribution >= 4 is 44.7 Å². The summed E-state index contributed by atoms with van der Waals surface area (Å²) in [4.78, 5) is 11.3. The van der Waals surface area contributed by atoms with Crippen LogP contribution in [0.2, 0.25) is 5.02 Å². The predicted molar refractivity (Wildman–Crippen MR) is 156 cm³/mol. The van der Waals surface area contributed by atoms with E-state index >= 15 is 0 Å². The smallest absolute Gasteiger partial charge is 0.142 e. The molecule has 0 saturated carbocycles. The number of halogens is 2. The molecule has 1 aliphatic carbocycles. The number of rotatable bonds is 11. The van der Waals surface area contributed by atoms with Crippen LogP contribution >= 0.6 is 22.9 Å². The maximum atomic E-state index is 13.5. The van der Waals surface area contributed by atoms with E-state index in [0.29, 0.717) is 17.4 Å². The van der Waals surface area contributed by atoms with Crippen LogP contribution in [-0.2, 0) is 30.7 Å². The molecule has 0 amide bonds. The van der Waals surface area contributed by atoms with Gasteiger partial charge in [-0.2, -0.15) is 5.10 Å². The van der Waals surface area contributed by atoms with Gasteiger partial charge < -0.3 is 20.1 Å². The van der Waals surface area contributed by atoms with Crippen molar-refractivity contribution in [1.82, 2.24) is 25.1 Å². The van der Waals surface area contributed by atoms with Crippen molar-refractivity contribution < 1.29 is 13.9 Å². The van der Waals surface area contributed by atoms with Gasteiger partial charge in [-0.15, -0.1) is 11.3 Å². The number of aromatic nitrogens is 4. The summed E-state index contributed by atoms with van der Waals surface area (Å²) in [7, 11) is 1.71. The van der Waals surface area contributed by atoms with Gasteiger partial charge in [0.1, 0.15) is 35.1 Å². The van der Waals surface area contributed by atoms with Gasteiger partial charge in [-0.3, -0.25) is 4.68 Å². The number of nitrogens with one attached hydrogen (secondary N) is 2. The normalized spacial score (nSPS) is 12.4. The molecule has 40 heavy (non-hydrogen) atoms. The van der Waals surface area contributed by atoms with E-state index in [9.17, 15) is 4.39 Å². The minimum Gasteiger partial charge on any atom is -0.487 e. The first kappa shape index (κ1) is 26.6. The zero-order valence-corrected chi connectivity index (χ0v) is 23.5. The molecule has 0 unspecified atom stereocenters. The number of ether oxygens (including phenoxy) is 2. The molecule has 0 atom stereocenters. The minimum atomic E-state index is -0.297. The van der Waals surface area contributed by atoms with Crippen LogP contribution in [0.3, 0.4) is 0 Å². The Morgan fingerprint density at radius 1 is 1.12 bits per heavy atom. The average molecular weight is 579 g/mol. The summed E-state index contributed by atoms with van der Waals surface area (Å²) >= 11 is 8.21. The van der Waals surface area contributed by atoms with Crippen molar-refractivity contribution in [3.05, 3.63) is 82.6 Å². The van der Waals surface area contributed by atoms with Gasteiger partial charge in [-0.05, 0) is 54.3 Å². The topological polar surface area (TPSA) is 86.1 Å². The molecule has 2 N–H and O–H groups in total. The summed E-state index contributed by atoms with van der Waals surface area (Å²) in [5, 5.41) is 13.0. The summed E-state index contributed by atoms with van der Waals surface area (Å²) in [6.45, 7) is 3.40. The van der Waals surface area contributed by atoms with Crippen molar-refractivity contribution in [2.24, 2.45) is 0 Å². The molecule has 0 saturated heterocycles. The predicted octanol–water partition coefficient (Wildman–Crippen LogP) is 6.00. The molecule has 0 fully saturated rings. The Morgan fingerprint density at radius 3 is 2.90 bits per heavy atom. The Morgan fingerprint density at radius 2 is 2.05 bits per heavy atom. The van der Waals surface area contributed by atoms with Crippen molar-refractivity contribution in [1.29, 1.82) is 0 Å². The summed E-state index contributed by atoms with van der Waals surface area (Å²) in [5.74, 6) is 0.968. The Balaban J connectivity index is 1.20. The molecule has 6 rings (SSSR count). The van der Waals surface area contributed by atoms with Gasteiger partial charge in [0, 0.05) is 42.0 Å². The van der Waals surface area contributed by atoms with Crippen LogP contribution < -0.4 is 15.4 Å². The lowest BCUT2D eigenvalue weighted by Crippen LogP contribution is -2.25. The Kier molecular flexibility index (Phi) is 7.92. The molecule has 11 heteroatoms. The molecule has 0 bridgehead atoms. The lowest BCUT2D eigenvalue weighted by atomic mass is 9.95. The summed E-state index contributed by atoms with van der Waals surface area (Å²) in [5.41, 5.74) is 5.20. The molecular formula is C29H28ClFN6O2S. The van der Waals surface area contributed by atoms with Crippen molar-refractivity contribution in [2.45, 2.75) is 26.0 Å². The van der Waals surface area contributed by atoms with Crippen molar-refractivity contribution in [3.63, 3.8) is 0 Å². The molecule has 3 heterocycles. The molecule has 2 aromatic carbocycles. The van der Waals surface area contributed by atoms with Crippen LogP contribution in [0.4, 0.5) is 15.9 Å². The molecule has 3 aromatic heterocycles. The standard InChI is InChI=1S/C29H28ClFN6O2S/c1-38-12-10-32-9-11-37-24-7-6-21-26-28(33-17-34-29(26)40-27(21)22(24)15-35-37)36-20-5-8-25(23(30)14-20)39-16-18-3-2-4-19(31)13-18/h2-5,8,13-15,17,32H,6-7,9-12,16H2,1H3,(H,33,34,36). The van der Waals surface area contributed by atoms with E-state index in [2.05, 4.69) is 30.4 Å². The zero-order valence-electron chi connectivity index (χ0n) is 21.9. The van der Waals surface area contributed by atoms with Gasteiger partial charge in [-0.25, -0.2) is 14.4 Å². The highest BCUT2D eigenvalue weighted by Gasteiger charge is 2.27. The molecule has 206 valence electrons. The molecule has 8 nitrogen and oxygen atoms in total. The van der Waals surface area contributed by atoms with Gasteiger partial charge in [0.2, 0.25) is 0 Å². The van der Waals surface area contributed by atoms with Crippen LogP contribution in [-0.4, -0.2) is 46.6 Å². The second-order valence-corrected chi connectivity index (χ2v) is 10.9. The number of nitrogens with zero attached hydrogens (tertiary/aromatic N) is 4. The van der Waals surface area contributed by atoms with Crippen molar-refractivity contribution in [3.8, 4) is 16.2 Å². The number of fused-ring (bicyclic) bond motifs is 5. The number of thiophene rings is 1. The average Bonchev–Trinajstić information content (AvgIpc) is 3.54. The van der Waals surface area contributed by atoms with E-state index in [1.807, 2.05) is 18.3 Å². The largest absolute Gasteiger partial charge is 0.487 e. The highest BCUT2D eigenvalue weighted by molar-refractivity contribution is 7.22. The van der Waals surface area contributed by atoms with Gasteiger partial charge in [-0.1, -0.05) is 23.7 Å². The summed E-state index contributed by atoms with van der Waals surface area (Å²) in [6.07, 6.45) is 5.35. The van der Waals surface area contributed by atoms with Crippen molar-refractivity contribution in [2.75, 3.05) is 32.1 Å². The second-order valence-electron chi connectivity index (χ2n) is 9.47. The SMILES string of the molecule is COCCNCCn1ncc2c1CCc1c-2sc2ncnc(Nc3ccc(OCc4cccc(F)c4)c(Cl)c3)c12. The number of aryl methyl sites for hydroxylation is 1. The Hall–Kier alpha value is -3.57. The van der Waals surface area contributed by atoms with E-state index in [1.165, 1.54) is 33.8 Å². The Bertz CT molecular complexity index is 1660. The third kappa shape index (κ3) is 5.53. The fourth-order valence-electron chi connectivity index (χ4n) is 4.95. The third-order valence-corrected chi connectivity index (χ3v) is 8.32. The number of hydrogen-bond acceptors (Lipinski definition) is 8. The lowest BCUT2D eigenvalue weighted by Gasteiger charge is -2.16. The van der Waals surface area contributed by atoms with E-state index in [4.69, 9.17) is 21.1 Å². The second kappa shape index (κ2) is 11.9. The summed E-state index contributed by atoms with van der Waals surface area (Å²) < 4.78 is 26.5. The van der Waals surface area contributed by atoms with Crippen LogP contribution in [0.25, 0.3) is 20.7 Å². The molecular weight excluding hydrogens is 551 g/mol. The molecule has 0 spiro atoms. The number of anilines is 2.